The lowest BCUT2D eigenvalue weighted by Crippen LogP contribution is -2.21. The minimum Gasteiger partial charge on any atom is -0.471 e. The first-order chi connectivity index (χ1) is 15.9. The number of amides is 1. The van der Waals surface area contributed by atoms with E-state index in [9.17, 15) is 30.8 Å². The monoisotopic (exact) mass is 503 g/mol. The molecule has 0 bridgehead atoms. The second kappa shape index (κ2) is 10.4. The number of carbonyl (C=O) groups is 1. The summed E-state index contributed by atoms with van der Waals surface area (Å²) in [6.07, 6.45) is -1.39. The van der Waals surface area contributed by atoms with Crippen molar-refractivity contribution in [2.45, 2.75) is 25.2 Å². The molecule has 1 aromatic carbocycles. The second-order valence-electron chi connectivity index (χ2n) is 7.43. The Bertz CT molecular complexity index is 1180. The van der Waals surface area contributed by atoms with Gasteiger partial charge in [-0.15, -0.1) is 0 Å². The van der Waals surface area contributed by atoms with Gasteiger partial charge in [0.25, 0.3) is 0 Å². The Hall–Kier alpha value is -3.19. The normalized spacial score (nSPS) is 16.6. The van der Waals surface area contributed by atoms with Gasteiger partial charge in [-0.1, -0.05) is 6.07 Å². The van der Waals surface area contributed by atoms with Crippen LogP contribution in [0.1, 0.15) is 23.2 Å². The Balaban J connectivity index is 1.67. The molecule has 184 valence electrons. The molecule has 1 saturated heterocycles. The number of hydrogen-bond acceptors (Lipinski definition) is 6. The summed E-state index contributed by atoms with van der Waals surface area (Å²) in [5.74, 6) is -1.69. The summed E-state index contributed by atoms with van der Waals surface area (Å²) >= 11 is 0. The lowest BCUT2D eigenvalue weighted by Gasteiger charge is -2.15. The summed E-state index contributed by atoms with van der Waals surface area (Å²) in [4.78, 5) is 15.7. The maximum absolute atomic E-state index is 14.0. The Morgan fingerprint density at radius 3 is 2.68 bits per heavy atom. The topological polar surface area (TPSA) is 107 Å². The molecular weight excluding hydrogens is 482 g/mol. The third-order valence-corrected chi connectivity index (χ3v) is 5.15. The van der Waals surface area contributed by atoms with Crippen LogP contribution >= 0.6 is 0 Å². The summed E-state index contributed by atoms with van der Waals surface area (Å²) in [6, 6.07) is 5.64. The van der Waals surface area contributed by atoms with E-state index >= 15 is 0 Å². The van der Waals surface area contributed by atoms with Gasteiger partial charge < -0.3 is 14.8 Å². The number of aromatic nitrogens is 1. The number of hydrogen-bond donors (Lipinski definition) is 2. The first-order valence-electron chi connectivity index (χ1n) is 9.95. The van der Waals surface area contributed by atoms with Crippen molar-refractivity contribution >= 4 is 27.7 Å². The van der Waals surface area contributed by atoms with Crippen LogP contribution in [0.25, 0.3) is 6.08 Å². The minimum absolute atomic E-state index is 0.0761. The van der Waals surface area contributed by atoms with Crippen molar-refractivity contribution in [2.75, 3.05) is 24.2 Å². The zero-order chi connectivity index (χ0) is 24.9. The van der Waals surface area contributed by atoms with Crippen LogP contribution in [0.5, 0.6) is 5.88 Å². The second-order valence-corrected chi connectivity index (χ2v) is 9.18. The molecule has 1 aliphatic heterocycles. The first kappa shape index (κ1) is 25.4. The summed E-state index contributed by atoms with van der Waals surface area (Å²) in [7, 11) is -3.65. The number of nitrogens with one attached hydrogen (secondary N) is 2. The standard InChI is InChI=1S/C21H21F4N3O5S/c1-34(30,31)28-17-5-2-13(10-16(17)22)11-26-19(29)7-4-14-3-6-18(21(23,24)25)27-20(14)33-15-8-9-32-12-15/h2-7,10,15,28H,8-9,11-12H2,1H3,(H,26,29)/b7-4+. The van der Waals surface area contributed by atoms with Crippen LogP contribution in [-0.4, -0.2) is 44.9 Å². The van der Waals surface area contributed by atoms with Crippen LogP contribution in [0.15, 0.2) is 36.4 Å². The summed E-state index contributed by atoms with van der Waals surface area (Å²) in [5.41, 5.74) is -0.830. The van der Waals surface area contributed by atoms with Gasteiger partial charge in [-0.2, -0.15) is 13.2 Å². The van der Waals surface area contributed by atoms with E-state index in [1.807, 2.05) is 4.72 Å². The van der Waals surface area contributed by atoms with Crippen molar-refractivity contribution in [1.29, 1.82) is 0 Å². The van der Waals surface area contributed by atoms with Crippen molar-refractivity contribution in [3.63, 3.8) is 0 Å². The fourth-order valence-corrected chi connectivity index (χ4v) is 3.52. The largest absolute Gasteiger partial charge is 0.471 e. The molecule has 2 heterocycles. The Labute approximate surface area is 193 Å². The van der Waals surface area contributed by atoms with Crippen LogP contribution < -0.4 is 14.8 Å². The highest BCUT2D eigenvalue weighted by molar-refractivity contribution is 7.92. The van der Waals surface area contributed by atoms with Crippen LogP contribution in [0.4, 0.5) is 23.2 Å². The molecule has 0 saturated carbocycles. The molecule has 1 amide bonds. The SMILES string of the molecule is CS(=O)(=O)Nc1ccc(CNC(=O)/C=C/c2ccc(C(F)(F)F)nc2OC2CCOC2)cc1F. The van der Waals surface area contributed by atoms with E-state index in [1.54, 1.807) is 0 Å². The third kappa shape index (κ3) is 7.42. The molecule has 2 aromatic rings. The van der Waals surface area contributed by atoms with E-state index in [1.165, 1.54) is 18.2 Å². The molecule has 0 aliphatic carbocycles. The quantitative estimate of drug-likeness (QED) is 0.424. The molecule has 34 heavy (non-hydrogen) atoms. The molecular formula is C21H21F4N3O5S. The molecule has 1 atom stereocenters. The maximum atomic E-state index is 14.0. The predicted octanol–water partition coefficient (Wildman–Crippen LogP) is 3.11. The number of sulfonamides is 1. The number of nitrogens with zero attached hydrogens (tertiary/aromatic N) is 1. The van der Waals surface area contributed by atoms with Gasteiger partial charge in [0.05, 0.1) is 25.2 Å². The van der Waals surface area contributed by atoms with E-state index in [4.69, 9.17) is 9.47 Å². The van der Waals surface area contributed by atoms with Crippen molar-refractivity contribution in [2.24, 2.45) is 0 Å². The van der Waals surface area contributed by atoms with E-state index < -0.39 is 39.7 Å². The fourth-order valence-electron chi connectivity index (χ4n) is 2.96. The molecule has 1 aliphatic rings. The van der Waals surface area contributed by atoms with E-state index in [2.05, 4.69) is 10.3 Å². The number of carbonyl (C=O) groups excluding carboxylic acids is 1. The van der Waals surface area contributed by atoms with E-state index in [-0.39, 0.29) is 30.3 Å². The van der Waals surface area contributed by atoms with Gasteiger partial charge in [0.2, 0.25) is 21.8 Å². The van der Waals surface area contributed by atoms with E-state index in [0.29, 0.717) is 18.6 Å². The van der Waals surface area contributed by atoms with Crippen molar-refractivity contribution in [3.8, 4) is 5.88 Å². The number of halogens is 4. The lowest BCUT2D eigenvalue weighted by atomic mass is 10.2. The molecule has 1 unspecified atom stereocenters. The number of pyridine rings is 1. The lowest BCUT2D eigenvalue weighted by molar-refractivity contribution is -0.141. The summed E-state index contributed by atoms with van der Waals surface area (Å²) in [6.45, 7) is 0.563. The Morgan fingerprint density at radius 2 is 2.06 bits per heavy atom. The number of benzene rings is 1. The third-order valence-electron chi connectivity index (χ3n) is 4.56. The van der Waals surface area contributed by atoms with Crippen molar-refractivity contribution < 1.29 is 40.2 Å². The predicted molar refractivity (Wildman–Crippen MR) is 115 cm³/mol. The van der Waals surface area contributed by atoms with Gasteiger partial charge in [-0.25, -0.2) is 17.8 Å². The molecule has 0 spiro atoms. The number of anilines is 1. The minimum atomic E-state index is -4.66. The summed E-state index contributed by atoms with van der Waals surface area (Å²) in [5, 5.41) is 2.50. The van der Waals surface area contributed by atoms with Gasteiger partial charge in [-0.05, 0) is 35.9 Å². The molecule has 2 N–H and O–H groups in total. The highest BCUT2D eigenvalue weighted by Gasteiger charge is 2.33. The summed E-state index contributed by atoms with van der Waals surface area (Å²) < 4.78 is 88.3. The maximum Gasteiger partial charge on any atom is 0.433 e. The highest BCUT2D eigenvalue weighted by atomic mass is 32.2. The average Bonchev–Trinajstić information content (AvgIpc) is 3.24. The van der Waals surface area contributed by atoms with Crippen LogP contribution in [0.2, 0.25) is 0 Å². The van der Waals surface area contributed by atoms with Gasteiger partial charge in [0, 0.05) is 24.6 Å². The van der Waals surface area contributed by atoms with Gasteiger partial charge in [0.1, 0.15) is 17.6 Å². The molecule has 8 nitrogen and oxygen atoms in total. The fraction of sp³-hybridized carbons (Fsp3) is 0.333. The van der Waals surface area contributed by atoms with Crippen LogP contribution in [-0.2, 0) is 32.3 Å². The van der Waals surface area contributed by atoms with Crippen molar-refractivity contribution in [3.05, 3.63) is 59.0 Å². The molecule has 13 heteroatoms. The number of rotatable bonds is 8. The zero-order valence-electron chi connectivity index (χ0n) is 17.9. The first-order valence-corrected chi connectivity index (χ1v) is 11.8. The van der Waals surface area contributed by atoms with Gasteiger partial charge >= 0.3 is 6.18 Å². The number of alkyl halides is 3. The molecule has 1 aromatic heterocycles. The molecule has 0 radical (unpaired) electrons. The number of ether oxygens (including phenoxy) is 2. The molecule has 1 fully saturated rings. The van der Waals surface area contributed by atoms with Gasteiger partial charge in [-0.3, -0.25) is 9.52 Å². The van der Waals surface area contributed by atoms with Crippen molar-refractivity contribution in [1.82, 2.24) is 10.3 Å². The van der Waals surface area contributed by atoms with Crippen LogP contribution in [0, 0.1) is 5.82 Å². The van der Waals surface area contributed by atoms with E-state index in [0.717, 1.165) is 30.5 Å². The Morgan fingerprint density at radius 1 is 1.29 bits per heavy atom. The zero-order valence-corrected chi connectivity index (χ0v) is 18.7. The highest BCUT2D eigenvalue weighted by Crippen LogP contribution is 2.31. The van der Waals surface area contributed by atoms with Gasteiger partial charge in [0.15, 0.2) is 0 Å². The molecule has 3 rings (SSSR count). The smallest absolute Gasteiger partial charge is 0.433 e. The Kier molecular flexibility index (Phi) is 7.77. The van der Waals surface area contributed by atoms with Crippen LogP contribution in [0.3, 0.4) is 0 Å². The average molecular weight is 503 g/mol.